The Morgan fingerprint density at radius 1 is 0.340 bits per heavy atom. The molecule has 10 heteroatoms. The van der Waals surface area contributed by atoms with Crippen molar-refractivity contribution in [2.75, 3.05) is 47.5 Å². The van der Waals surface area contributed by atoms with E-state index in [4.69, 9.17) is 18.5 Å². The molecule has 0 aromatic heterocycles. The van der Waals surface area contributed by atoms with Crippen molar-refractivity contribution in [3.8, 4) is 0 Å². The first kappa shape index (κ1) is 90.9. The average Bonchev–Trinajstić information content (AvgIpc) is 1.66. The van der Waals surface area contributed by atoms with Crippen LogP contribution in [0.1, 0.15) is 373 Å². The number of likely N-dealkylation sites (N-methyl/N-ethyl adjacent to an activating group) is 1. The summed E-state index contributed by atoms with van der Waals surface area (Å²) in [4.78, 5) is 36.0. The Balaban J connectivity index is 3.97. The van der Waals surface area contributed by atoms with Crippen molar-refractivity contribution in [2.45, 2.75) is 380 Å². The molecule has 0 aliphatic heterocycles. The highest BCUT2D eigenvalue weighted by Gasteiger charge is 2.27. The summed E-state index contributed by atoms with van der Waals surface area (Å²) in [6.07, 6.45) is 104. The topological polar surface area (TPSA) is 108 Å². The number of hydrogen-bond donors (Lipinski definition) is 1. The number of phosphoric acid groups is 1. The van der Waals surface area contributed by atoms with Gasteiger partial charge >= 0.3 is 19.8 Å². The SMILES string of the molecule is CC/C=C\C/C=C\C/C=C\C/C=C\C/C=C\C/C=C\C/C=C\C/C=C\CCCCCCCCC(=O)OC(COC(=O)CCCCCCCCCCCCCCCCCCCCCCCCCCCCCCCCCCCCCCCCC)COP(=O)(O)OCC[N+](C)(C)C. The molecule has 546 valence electrons. The van der Waals surface area contributed by atoms with Gasteiger partial charge in [0, 0.05) is 12.8 Å². The number of hydrogen-bond acceptors (Lipinski definition) is 7. The first-order chi connectivity index (χ1) is 46.0. The van der Waals surface area contributed by atoms with Crippen LogP contribution in [-0.4, -0.2) is 74.9 Å². The van der Waals surface area contributed by atoms with Crippen molar-refractivity contribution in [3.05, 3.63) is 97.2 Å². The molecule has 2 atom stereocenters. The lowest BCUT2D eigenvalue weighted by Gasteiger charge is -2.24. The number of allylic oxidation sites excluding steroid dienone is 16. The lowest BCUT2D eigenvalue weighted by Crippen LogP contribution is -2.37. The van der Waals surface area contributed by atoms with E-state index >= 15 is 0 Å². The Morgan fingerprint density at radius 2 is 0.606 bits per heavy atom. The highest BCUT2D eigenvalue weighted by atomic mass is 31.2. The van der Waals surface area contributed by atoms with Gasteiger partial charge in [0.25, 0.3) is 0 Å². The van der Waals surface area contributed by atoms with Gasteiger partial charge in [-0.05, 0) is 77.0 Å². The molecule has 0 bridgehead atoms. The van der Waals surface area contributed by atoms with E-state index in [1.54, 1.807) is 0 Å². The lowest BCUT2D eigenvalue weighted by molar-refractivity contribution is -0.870. The lowest BCUT2D eigenvalue weighted by atomic mass is 10.0. The Hall–Kier alpha value is -3.07. The number of phosphoric ester groups is 1. The van der Waals surface area contributed by atoms with E-state index in [1.165, 1.54) is 231 Å². The monoisotopic (exact) mass is 1340 g/mol. The highest BCUT2D eigenvalue weighted by molar-refractivity contribution is 7.47. The van der Waals surface area contributed by atoms with E-state index in [9.17, 15) is 19.0 Å². The molecule has 0 heterocycles. The van der Waals surface area contributed by atoms with E-state index in [0.717, 1.165) is 109 Å². The Labute approximate surface area is 583 Å². The summed E-state index contributed by atoms with van der Waals surface area (Å²) in [7, 11) is 1.47. The van der Waals surface area contributed by atoms with E-state index in [-0.39, 0.29) is 32.0 Å². The van der Waals surface area contributed by atoms with Crippen LogP contribution in [0.15, 0.2) is 97.2 Å². The Kier molecular flexibility index (Phi) is 71.7. The maximum Gasteiger partial charge on any atom is 0.472 e. The van der Waals surface area contributed by atoms with Crippen molar-refractivity contribution in [3.63, 3.8) is 0 Å². The fourth-order valence-electron chi connectivity index (χ4n) is 11.6. The molecule has 0 amide bonds. The van der Waals surface area contributed by atoms with Crippen molar-refractivity contribution in [1.29, 1.82) is 0 Å². The van der Waals surface area contributed by atoms with E-state index in [0.29, 0.717) is 17.4 Å². The minimum Gasteiger partial charge on any atom is -0.462 e. The fourth-order valence-corrected chi connectivity index (χ4v) is 12.3. The van der Waals surface area contributed by atoms with Crippen molar-refractivity contribution in [2.24, 2.45) is 0 Å². The summed E-state index contributed by atoms with van der Waals surface area (Å²) < 4.78 is 34.8. The number of carbonyl (C=O) groups is 2. The summed E-state index contributed by atoms with van der Waals surface area (Å²) in [5.74, 6) is -0.805. The van der Waals surface area contributed by atoms with Gasteiger partial charge in [-0.3, -0.25) is 18.6 Å². The number of unbranched alkanes of at least 4 members (excludes halogenated alkanes) is 44. The Morgan fingerprint density at radius 3 is 0.904 bits per heavy atom. The second kappa shape index (κ2) is 74.2. The second-order valence-corrected chi connectivity index (χ2v) is 29.5. The Bertz CT molecular complexity index is 1910. The van der Waals surface area contributed by atoms with Gasteiger partial charge in [-0.1, -0.05) is 381 Å². The summed E-state index contributed by atoms with van der Waals surface area (Å²) in [5, 5.41) is 0. The summed E-state index contributed by atoms with van der Waals surface area (Å²) in [6.45, 7) is 4.35. The number of carbonyl (C=O) groups excluding carboxylic acids is 2. The van der Waals surface area contributed by atoms with Crippen LogP contribution in [0.4, 0.5) is 0 Å². The average molecular weight is 1340 g/mol. The molecule has 0 saturated heterocycles. The maximum absolute atomic E-state index is 12.9. The number of nitrogens with zero attached hydrogens (tertiary/aromatic N) is 1. The minimum atomic E-state index is -4.40. The van der Waals surface area contributed by atoms with E-state index in [2.05, 4.69) is 111 Å². The molecule has 0 aliphatic rings. The molecule has 0 fully saturated rings. The predicted octanol–water partition coefficient (Wildman–Crippen LogP) is 26.6. The van der Waals surface area contributed by atoms with Crippen LogP contribution in [-0.2, 0) is 32.7 Å². The molecule has 0 aromatic carbocycles. The first-order valence-corrected chi connectivity index (χ1v) is 41.5. The normalized spacial score (nSPS) is 13.6. The third-order valence-electron chi connectivity index (χ3n) is 17.6. The van der Waals surface area contributed by atoms with Crippen molar-refractivity contribution in [1.82, 2.24) is 0 Å². The molecule has 2 unspecified atom stereocenters. The molecular formula is C84H153NO8P+. The maximum atomic E-state index is 12.9. The molecule has 0 rings (SSSR count). The van der Waals surface area contributed by atoms with Crippen molar-refractivity contribution < 1.29 is 42.1 Å². The van der Waals surface area contributed by atoms with Crippen LogP contribution in [0.3, 0.4) is 0 Å². The summed E-state index contributed by atoms with van der Waals surface area (Å²) in [5.41, 5.74) is 0. The standard InChI is InChI=1S/C84H152NO8P/c1-6-8-10-12-14-16-18-20-22-24-26-28-30-32-34-36-38-39-40-41-42-43-44-45-47-48-50-52-54-56-58-60-62-64-66-68-70-72-74-76-83(86)90-80-82(81-92-94(88,89)91-79-78-85(3,4)5)93-84(87)77-75-73-71-69-67-65-63-61-59-57-55-53-51-49-46-37-35-33-31-29-27-25-23-21-19-17-15-13-11-9-7-2/h9,11,15,17,21,23,27,29,33,35,46,49,53,55,59,61,82H,6-8,10,12-14,16,18-20,22,24-26,28,30-32,34,36-45,47-48,50-52,54,56-58,60,62-81H2,1-5H3/p+1/b11-9-,17-15-,23-21-,29-27-,35-33-,49-46-,55-53-,61-59-. The van der Waals surface area contributed by atoms with Gasteiger partial charge in [0.05, 0.1) is 27.7 Å². The third-order valence-corrected chi connectivity index (χ3v) is 18.6. The smallest absolute Gasteiger partial charge is 0.462 e. The van der Waals surface area contributed by atoms with Gasteiger partial charge in [-0.15, -0.1) is 0 Å². The van der Waals surface area contributed by atoms with Crippen molar-refractivity contribution >= 4 is 19.8 Å². The van der Waals surface area contributed by atoms with Crippen LogP contribution in [0.2, 0.25) is 0 Å². The number of quaternary nitrogens is 1. The van der Waals surface area contributed by atoms with Gasteiger partial charge in [0.2, 0.25) is 0 Å². The molecule has 0 aromatic rings. The molecule has 94 heavy (non-hydrogen) atoms. The zero-order valence-electron chi connectivity index (χ0n) is 62.4. The van der Waals surface area contributed by atoms with Crippen LogP contribution < -0.4 is 0 Å². The quantitative estimate of drug-likeness (QED) is 0.0211. The van der Waals surface area contributed by atoms with E-state index < -0.39 is 26.5 Å². The first-order valence-electron chi connectivity index (χ1n) is 40.0. The number of rotatable bonds is 74. The second-order valence-electron chi connectivity index (χ2n) is 28.1. The zero-order valence-corrected chi connectivity index (χ0v) is 63.3. The van der Waals surface area contributed by atoms with Crippen LogP contribution >= 0.6 is 7.82 Å². The molecule has 0 saturated carbocycles. The van der Waals surface area contributed by atoms with Crippen LogP contribution in [0.5, 0.6) is 0 Å². The van der Waals surface area contributed by atoms with Crippen LogP contribution in [0, 0.1) is 0 Å². The fraction of sp³-hybridized carbons (Fsp3) is 0.786. The van der Waals surface area contributed by atoms with Gasteiger partial charge < -0.3 is 18.9 Å². The summed E-state index contributed by atoms with van der Waals surface area (Å²) in [6, 6.07) is 0. The van der Waals surface area contributed by atoms with Gasteiger partial charge in [0.1, 0.15) is 19.8 Å². The molecule has 0 radical (unpaired) electrons. The minimum absolute atomic E-state index is 0.0255. The number of esters is 2. The highest BCUT2D eigenvalue weighted by Crippen LogP contribution is 2.43. The zero-order chi connectivity index (χ0) is 68.3. The van der Waals surface area contributed by atoms with Gasteiger partial charge in [-0.2, -0.15) is 0 Å². The molecule has 1 N–H and O–H groups in total. The predicted molar refractivity (Wildman–Crippen MR) is 408 cm³/mol. The summed E-state index contributed by atoms with van der Waals surface area (Å²) >= 11 is 0. The van der Waals surface area contributed by atoms with Gasteiger partial charge in [0.15, 0.2) is 6.10 Å². The molecule has 0 aliphatic carbocycles. The molecule has 9 nitrogen and oxygen atoms in total. The number of ether oxygens (including phenoxy) is 2. The van der Waals surface area contributed by atoms with Crippen LogP contribution in [0.25, 0.3) is 0 Å². The van der Waals surface area contributed by atoms with E-state index in [1.807, 2.05) is 21.1 Å². The molecule has 0 spiro atoms. The van der Waals surface area contributed by atoms with Gasteiger partial charge in [-0.25, -0.2) is 4.57 Å². The largest absolute Gasteiger partial charge is 0.472 e. The third kappa shape index (κ3) is 77.9. The molecular weight excluding hydrogens is 1180 g/mol.